The minimum atomic E-state index is -0.656. The number of carbonyl (C=O) groups excluding carboxylic acids is 5. The van der Waals surface area contributed by atoms with Gasteiger partial charge in [0.2, 0.25) is 23.6 Å². The molecule has 0 radical (unpaired) electrons. The van der Waals surface area contributed by atoms with Crippen LogP contribution in [0.1, 0.15) is 131 Å². The molecule has 2 heterocycles. The lowest BCUT2D eigenvalue weighted by Gasteiger charge is -2.41. The molecule has 354 valence electrons. The van der Waals surface area contributed by atoms with Crippen LogP contribution in [0.25, 0.3) is 0 Å². The lowest BCUT2D eigenvalue weighted by Crippen LogP contribution is -2.55. The van der Waals surface area contributed by atoms with Crippen molar-refractivity contribution < 1.29 is 33.4 Å². The van der Waals surface area contributed by atoms with Gasteiger partial charge in [-0.25, -0.2) is 4.98 Å². The van der Waals surface area contributed by atoms with Gasteiger partial charge < -0.3 is 29.5 Å². The number of hydrogen-bond acceptors (Lipinski definition) is 9. The second kappa shape index (κ2) is 25.7. The molecule has 1 aromatic heterocycles. The number of likely N-dealkylation sites (tertiary alicyclic amines) is 1. The number of aromatic nitrogens is 1. The van der Waals surface area contributed by atoms with Crippen LogP contribution >= 0.6 is 11.3 Å². The van der Waals surface area contributed by atoms with Gasteiger partial charge in [-0.3, -0.25) is 24.0 Å². The molecule has 1 aromatic carbocycles. The van der Waals surface area contributed by atoms with Gasteiger partial charge in [-0.15, -0.1) is 11.3 Å². The Morgan fingerprint density at radius 3 is 1.98 bits per heavy atom. The first-order valence-electron chi connectivity index (χ1n) is 23.5. The molecule has 1 saturated heterocycles. The van der Waals surface area contributed by atoms with Gasteiger partial charge in [-0.1, -0.05) is 112 Å². The number of carbonyl (C=O) groups is 5. The zero-order valence-electron chi connectivity index (χ0n) is 41.0. The number of benzene rings is 1. The molecule has 12 nitrogen and oxygen atoms in total. The van der Waals surface area contributed by atoms with E-state index < -0.39 is 36.1 Å². The minimum absolute atomic E-state index is 0.00169. The number of ether oxygens (including phenoxy) is 2. The highest BCUT2D eigenvalue weighted by Gasteiger charge is 2.44. The Balaban J connectivity index is 1.81. The highest BCUT2D eigenvalue weighted by Crippen LogP contribution is 2.32. The summed E-state index contributed by atoms with van der Waals surface area (Å²) in [5.41, 5.74) is 1.09. The lowest BCUT2D eigenvalue weighted by atomic mass is 9.82. The molecular weight excluding hydrogens is 815 g/mol. The van der Waals surface area contributed by atoms with Crippen LogP contribution in [0, 0.1) is 41.4 Å². The largest absolute Gasteiger partial charge is 0.379 e. The van der Waals surface area contributed by atoms with Crippen LogP contribution in [-0.4, -0.2) is 114 Å². The Bertz CT molecular complexity index is 1720. The average Bonchev–Trinajstić information content (AvgIpc) is 3.99. The fourth-order valence-electron chi connectivity index (χ4n) is 9.81. The first-order valence-corrected chi connectivity index (χ1v) is 24.4. The van der Waals surface area contributed by atoms with Crippen molar-refractivity contribution in [2.24, 2.45) is 41.4 Å². The first-order chi connectivity index (χ1) is 29.9. The number of nitrogens with one attached hydrogen (secondary N) is 1. The van der Waals surface area contributed by atoms with Gasteiger partial charge in [0.1, 0.15) is 5.01 Å². The third-order valence-electron chi connectivity index (χ3n) is 14.0. The third kappa shape index (κ3) is 13.9. The molecule has 0 unspecified atom stereocenters. The second-order valence-electron chi connectivity index (χ2n) is 18.8. The van der Waals surface area contributed by atoms with Gasteiger partial charge in [0.15, 0.2) is 5.78 Å². The lowest BCUT2D eigenvalue weighted by molar-refractivity contribution is -0.150. The predicted octanol–water partition coefficient (Wildman–Crippen LogP) is 8.25. The summed E-state index contributed by atoms with van der Waals surface area (Å²) in [5, 5.41) is 5.97. The van der Waals surface area contributed by atoms with Crippen molar-refractivity contribution in [2.45, 2.75) is 157 Å². The summed E-state index contributed by atoms with van der Waals surface area (Å²) in [7, 11) is 6.67. The van der Waals surface area contributed by atoms with Crippen LogP contribution in [0.5, 0.6) is 0 Å². The van der Waals surface area contributed by atoms with Crippen molar-refractivity contribution in [1.82, 2.24) is 25.0 Å². The maximum Gasteiger partial charge on any atom is 0.226 e. The van der Waals surface area contributed by atoms with E-state index in [9.17, 15) is 24.0 Å². The summed E-state index contributed by atoms with van der Waals surface area (Å²) in [6.07, 6.45) is 4.92. The second-order valence-corrected chi connectivity index (χ2v) is 19.7. The van der Waals surface area contributed by atoms with Crippen molar-refractivity contribution in [3.63, 3.8) is 0 Å². The molecule has 13 heteroatoms. The zero-order chi connectivity index (χ0) is 47.1. The highest BCUT2D eigenvalue weighted by atomic mass is 32.1. The van der Waals surface area contributed by atoms with E-state index in [1.54, 1.807) is 44.3 Å². The van der Waals surface area contributed by atoms with Crippen molar-refractivity contribution in [3.05, 3.63) is 52.5 Å². The number of amides is 4. The molecule has 0 bridgehead atoms. The summed E-state index contributed by atoms with van der Waals surface area (Å²) in [6, 6.07) is 8.24. The molecular formula is C50H81N5O7S. The molecule has 0 aliphatic carbocycles. The third-order valence-corrected chi connectivity index (χ3v) is 14.9. The van der Waals surface area contributed by atoms with Crippen LogP contribution in [0.4, 0.5) is 0 Å². The summed E-state index contributed by atoms with van der Waals surface area (Å²) < 4.78 is 12.2. The van der Waals surface area contributed by atoms with Crippen LogP contribution in [0.15, 0.2) is 41.9 Å². The monoisotopic (exact) mass is 896 g/mol. The summed E-state index contributed by atoms with van der Waals surface area (Å²) in [5.74, 6) is -2.14. The van der Waals surface area contributed by atoms with Gasteiger partial charge >= 0.3 is 0 Å². The van der Waals surface area contributed by atoms with E-state index in [0.29, 0.717) is 25.8 Å². The molecule has 0 saturated carbocycles. The van der Waals surface area contributed by atoms with E-state index in [2.05, 4.69) is 38.0 Å². The van der Waals surface area contributed by atoms with Gasteiger partial charge in [0.25, 0.3) is 0 Å². The maximum absolute atomic E-state index is 14.7. The van der Waals surface area contributed by atoms with Crippen LogP contribution in [0.2, 0.25) is 0 Å². The highest BCUT2D eigenvalue weighted by molar-refractivity contribution is 7.09. The van der Waals surface area contributed by atoms with Gasteiger partial charge in [-0.2, -0.15) is 0 Å². The van der Waals surface area contributed by atoms with Crippen molar-refractivity contribution >= 4 is 40.7 Å². The molecule has 0 spiro atoms. The van der Waals surface area contributed by atoms with Gasteiger partial charge in [-0.05, 0) is 54.9 Å². The molecule has 1 fully saturated rings. The molecule has 3 rings (SSSR count). The Labute approximate surface area is 383 Å². The van der Waals surface area contributed by atoms with Crippen molar-refractivity contribution in [2.75, 3.05) is 34.9 Å². The number of rotatable bonds is 26. The zero-order valence-corrected chi connectivity index (χ0v) is 41.8. The molecule has 1 N–H and O–H groups in total. The molecule has 63 heavy (non-hydrogen) atoms. The smallest absolute Gasteiger partial charge is 0.226 e. The normalized spacial score (nSPS) is 19.0. The number of methoxy groups -OCH3 is 2. The molecule has 4 amide bonds. The fourth-order valence-corrected chi connectivity index (χ4v) is 10.5. The number of Topliss-reactive ketones (excluding diaryl/α,β-unsaturated/α-hetero) is 1. The quantitative estimate of drug-likeness (QED) is 0.0997. The van der Waals surface area contributed by atoms with Crippen LogP contribution in [0.3, 0.4) is 0 Å². The van der Waals surface area contributed by atoms with Crippen LogP contribution < -0.4 is 5.32 Å². The molecule has 1 aliphatic rings. The van der Waals surface area contributed by atoms with Crippen LogP contribution in [-0.2, 0) is 39.9 Å². The number of thiazole rings is 1. The van der Waals surface area contributed by atoms with E-state index in [1.807, 2.05) is 82.2 Å². The SMILES string of the molecule is CC[C@H](C(=O)N(C)[C@H](C(=O)C[C@H](C(=O)N(C)[C@@H]([C@@H](C)CC)[C@@H](CC(=O)N1CCC[C@H]1[C@H](OC)[C@@H](C)C(=O)N[C@@H](Cc1ccccc1)c1nccs1)OC)C(C)C)C(C)C)[C@@H](C)CC. The molecule has 11 atom stereocenters. The van der Waals surface area contributed by atoms with E-state index >= 15 is 0 Å². The summed E-state index contributed by atoms with van der Waals surface area (Å²) in [4.78, 5) is 80.9. The van der Waals surface area contributed by atoms with E-state index in [4.69, 9.17) is 9.47 Å². The molecule has 1 aliphatic heterocycles. The Morgan fingerprint density at radius 2 is 1.46 bits per heavy atom. The Morgan fingerprint density at radius 1 is 0.825 bits per heavy atom. The van der Waals surface area contributed by atoms with E-state index in [1.165, 1.54) is 11.3 Å². The number of ketones is 1. The predicted molar refractivity (Wildman–Crippen MR) is 252 cm³/mol. The molecule has 2 aromatic rings. The average molecular weight is 896 g/mol. The van der Waals surface area contributed by atoms with Crippen molar-refractivity contribution in [1.29, 1.82) is 0 Å². The minimum Gasteiger partial charge on any atom is -0.379 e. The fraction of sp³-hybridized carbons (Fsp3) is 0.720. The first kappa shape index (κ1) is 53.7. The van der Waals surface area contributed by atoms with E-state index in [0.717, 1.165) is 29.8 Å². The van der Waals surface area contributed by atoms with Gasteiger partial charge in [0, 0.05) is 64.7 Å². The van der Waals surface area contributed by atoms with Gasteiger partial charge in [0.05, 0.1) is 48.7 Å². The number of nitrogens with zero attached hydrogens (tertiary/aromatic N) is 4. The summed E-state index contributed by atoms with van der Waals surface area (Å²) >= 11 is 1.50. The maximum atomic E-state index is 14.7. The standard InChI is InChI=1S/C50H81N5O7S/c1-15-33(8)37(17-3)49(59)53(11)44(32(6)7)41(56)29-38(31(4)5)50(60)54(12)45(34(9)16-2)42(61-13)30-43(57)55-26-21-24-40(55)46(62-14)35(10)47(58)52-39(48-51-25-27-63-48)28-36-22-19-18-20-23-36/h18-20,22-23,25,27,31-35,37-40,42,44-46H,15-17,21,24,26,28-30H2,1-14H3,(H,52,58)/t33-,34-,35+,37-,38-,39-,40-,42+,44-,45-,46+/m0/s1. The van der Waals surface area contributed by atoms with E-state index in [-0.39, 0.29) is 83.9 Å². The Kier molecular flexibility index (Phi) is 21.9. The number of hydrogen-bond donors (Lipinski definition) is 1. The van der Waals surface area contributed by atoms with Crippen molar-refractivity contribution in [3.8, 4) is 0 Å². The topological polar surface area (TPSA) is 138 Å². The summed E-state index contributed by atoms with van der Waals surface area (Å²) in [6.45, 7) is 20.5. The Hall–Kier alpha value is -3.68. The number of likely N-dealkylation sites (N-methyl/N-ethyl adjacent to an activating group) is 2.